The van der Waals surface area contributed by atoms with Crippen molar-refractivity contribution < 1.29 is 23.9 Å². The third-order valence-corrected chi connectivity index (χ3v) is 6.90. The second-order valence-electron chi connectivity index (χ2n) is 9.50. The van der Waals surface area contributed by atoms with Gasteiger partial charge in [-0.15, -0.1) is 0 Å². The Morgan fingerprint density at radius 1 is 1.06 bits per heavy atom. The van der Waals surface area contributed by atoms with Crippen LogP contribution in [-0.2, 0) is 15.1 Å². The number of carbonyl (C=O) groups excluding carboxylic acids is 3. The number of fused-ring (bicyclic) bond motifs is 3. The summed E-state index contributed by atoms with van der Waals surface area (Å²) in [4.78, 5) is 46.8. The van der Waals surface area contributed by atoms with Gasteiger partial charge >= 0.3 is 0 Å². The van der Waals surface area contributed by atoms with Gasteiger partial charge in [0.25, 0.3) is 11.8 Å². The van der Waals surface area contributed by atoms with Crippen molar-refractivity contribution in [2.75, 3.05) is 38.6 Å². The third kappa shape index (κ3) is 3.36. The normalized spacial score (nSPS) is 19.4. The summed E-state index contributed by atoms with van der Waals surface area (Å²) in [6.07, 6.45) is 1.25. The maximum Gasteiger partial charge on any atom is 0.290 e. The molecule has 3 heterocycles. The fraction of sp³-hybridized carbons (Fsp3) is 0.321. The number of aliphatic hydroxyl groups is 1. The summed E-state index contributed by atoms with van der Waals surface area (Å²) in [6.45, 7) is 3.24. The number of anilines is 1. The van der Waals surface area contributed by atoms with Crippen LogP contribution in [0.25, 0.3) is 11.0 Å². The Bertz CT molecular complexity index is 1370. The van der Waals surface area contributed by atoms with Crippen LogP contribution in [0.5, 0.6) is 0 Å². The monoisotopic (exact) mass is 487 g/mol. The summed E-state index contributed by atoms with van der Waals surface area (Å²) < 4.78 is 5.82. The van der Waals surface area contributed by atoms with Crippen LogP contribution < -0.4 is 4.90 Å². The van der Waals surface area contributed by atoms with E-state index in [4.69, 9.17) is 4.42 Å². The van der Waals surface area contributed by atoms with Gasteiger partial charge in [-0.1, -0.05) is 43.3 Å². The minimum absolute atomic E-state index is 0.0284. The lowest BCUT2D eigenvalue weighted by Crippen LogP contribution is -2.54. The molecule has 8 nitrogen and oxygen atoms in total. The first kappa shape index (κ1) is 23.8. The standard InChI is InChI=1S/C28H29N3O5/c1-4-14-30-20-12-7-6-11-19(20)28(27(30)35)23(25(33)26(34)31(28)16-9-15-29(2)3)24(32)22-17-18-10-5-8-13-21(18)36-22/h5-8,10-13,17,33H,4,9,14-16H2,1-3H3/t28-/m0/s1. The zero-order valence-corrected chi connectivity index (χ0v) is 20.7. The molecule has 36 heavy (non-hydrogen) atoms. The van der Waals surface area contributed by atoms with Crippen LogP contribution in [-0.4, -0.2) is 66.2 Å². The second-order valence-corrected chi connectivity index (χ2v) is 9.50. The Labute approximate surface area is 209 Å². The molecule has 0 fully saturated rings. The maximum atomic E-state index is 14.3. The highest BCUT2D eigenvalue weighted by atomic mass is 16.3. The highest BCUT2D eigenvalue weighted by molar-refractivity contribution is 6.26. The van der Waals surface area contributed by atoms with Crippen LogP contribution >= 0.6 is 0 Å². The van der Waals surface area contributed by atoms with E-state index in [1.54, 1.807) is 35.2 Å². The summed E-state index contributed by atoms with van der Waals surface area (Å²) in [5.74, 6) is -2.54. The highest BCUT2D eigenvalue weighted by Crippen LogP contribution is 2.53. The van der Waals surface area contributed by atoms with E-state index in [0.717, 1.165) is 0 Å². The van der Waals surface area contributed by atoms with Gasteiger partial charge in [-0.05, 0) is 51.7 Å². The van der Waals surface area contributed by atoms with Gasteiger partial charge in [-0.2, -0.15) is 0 Å². The number of carbonyl (C=O) groups is 3. The predicted molar refractivity (Wildman–Crippen MR) is 136 cm³/mol. The van der Waals surface area contributed by atoms with Crippen molar-refractivity contribution in [1.82, 2.24) is 9.80 Å². The van der Waals surface area contributed by atoms with E-state index in [2.05, 4.69) is 0 Å². The van der Waals surface area contributed by atoms with Gasteiger partial charge < -0.3 is 24.2 Å². The van der Waals surface area contributed by atoms with E-state index >= 15 is 0 Å². The van der Waals surface area contributed by atoms with Gasteiger partial charge in [0.2, 0.25) is 5.78 Å². The Morgan fingerprint density at radius 2 is 1.78 bits per heavy atom. The first-order chi connectivity index (χ1) is 17.3. The maximum absolute atomic E-state index is 14.3. The van der Waals surface area contributed by atoms with Gasteiger partial charge in [0.05, 0.1) is 11.3 Å². The summed E-state index contributed by atoms with van der Waals surface area (Å²) in [6, 6.07) is 15.9. The molecule has 1 aromatic heterocycles. The van der Waals surface area contributed by atoms with E-state index in [-0.39, 0.29) is 17.9 Å². The summed E-state index contributed by atoms with van der Waals surface area (Å²) in [7, 11) is 3.85. The molecule has 5 rings (SSSR count). The largest absolute Gasteiger partial charge is 0.503 e. The van der Waals surface area contributed by atoms with Crippen molar-refractivity contribution in [3.8, 4) is 0 Å². The SMILES string of the molecule is CCCN1C(=O)[C@@]2(C(C(=O)c3cc4ccccc4o3)=C(O)C(=O)N2CCCN(C)C)c2ccccc21. The Hall–Kier alpha value is -3.91. The average Bonchev–Trinajstić information content (AvgIpc) is 3.47. The number of ketones is 1. The number of para-hydroxylation sites is 2. The van der Waals surface area contributed by atoms with Gasteiger partial charge in [-0.3, -0.25) is 14.4 Å². The molecule has 186 valence electrons. The number of nitrogens with zero attached hydrogens (tertiary/aromatic N) is 3. The molecule has 1 spiro atoms. The predicted octanol–water partition coefficient (Wildman–Crippen LogP) is 3.87. The fourth-order valence-corrected chi connectivity index (χ4v) is 5.38. The van der Waals surface area contributed by atoms with Crippen LogP contribution in [0.2, 0.25) is 0 Å². The number of amides is 2. The topological polar surface area (TPSA) is 94.3 Å². The molecule has 0 saturated carbocycles. The van der Waals surface area contributed by atoms with E-state index in [9.17, 15) is 19.5 Å². The molecule has 3 aromatic rings. The van der Waals surface area contributed by atoms with Crippen molar-refractivity contribution in [1.29, 1.82) is 0 Å². The van der Waals surface area contributed by atoms with E-state index in [1.807, 2.05) is 50.2 Å². The number of rotatable bonds is 8. The zero-order chi connectivity index (χ0) is 25.6. The van der Waals surface area contributed by atoms with Gasteiger partial charge in [0.15, 0.2) is 17.1 Å². The van der Waals surface area contributed by atoms with Crippen molar-refractivity contribution in [2.45, 2.75) is 25.3 Å². The van der Waals surface area contributed by atoms with E-state index in [0.29, 0.717) is 48.2 Å². The molecule has 2 aliphatic heterocycles. The quantitative estimate of drug-likeness (QED) is 0.485. The number of benzene rings is 2. The van der Waals surface area contributed by atoms with E-state index < -0.39 is 28.9 Å². The van der Waals surface area contributed by atoms with Crippen LogP contribution in [0.1, 0.15) is 35.9 Å². The third-order valence-electron chi connectivity index (χ3n) is 6.90. The molecule has 0 saturated heterocycles. The smallest absolute Gasteiger partial charge is 0.290 e. The lowest BCUT2D eigenvalue weighted by atomic mass is 9.81. The van der Waals surface area contributed by atoms with Crippen molar-refractivity contribution in [3.63, 3.8) is 0 Å². The molecule has 1 atom stereocenters. The molecule has 0 unspecified atom stereocenters. The van der Waals surface area contributed by atoms with Crippen molar-refractivity contribution in [3.05, 3.63) is 77.3 Å². The van der Waals surface area contributed by atoms with Gasteiger partial charge in [0, 0.05) is 24.0 Å². The summed E-state index contributed by atoms with van der Waals surface area (Å²) >= 11 is 0. The summed E-state index contributed by atoms with van der Waals surface area (Å²) in [5, 5.41) is 11.9. The fourth-order valence-electron chi connectivity index (χ4n) is 5.38. The number of Topliss-reactive ketones (excluding diaryl/α,β-unsaturated/α-hetero) is 1. The Morgan fingerprint density at radius 3 is 2.50 bits per heavy atom. The molecule has 2 aromatic carbocycles. The van der Waals surface area contributed by atoms with Gasteiger partial charge in [0.1, 0.15) is 5.58 Å². The highest BCUT2D eigenvalue weighted by Gasteiger charge is 2.65. The first-order valence-corrected chi connectivity index (χ1v) is 12.2. The average molecular weight is 488 g/mol. The van der Waals surface area contributed by atoms with Crippen LogP contribution in [0.3, 0.4) is 0 Å². The second kappa shape index (κ2) is 8.95. The molecular formula is C28H29N3O5. The lowest BCUT2D eigenvalue weighted by molar-refractivity contribution is -0.139. The minimum Gasteiger partial charge on any atom is -0.503 e. The number of hydrogen-bond donors (Lipinski definition) is 1. The minimum atomic E-state index is -1.75. The molecule has 1 N–H and O–H groups in total. The van der Waals surface area contributed by atoms with Crippen molar-refractivity contribution >= 4 is 34.3 Å². The first-order valence-electron chi connectivity index (χ1n) is 12.2. The molecule has 2 aliphatic rings. The zero-order valence-electron chi connectivity index (χ0n) is 20.7. The van der Waals surface area contributed by atoms with Crippen LogP contribution in [0, 0.1) is 0 Å². The molecular weight excluding hydrogens is 458 g/mol. The van der Waals surface area contributed by atoms with Crippen LogP contribution in [0.4, 0.5) is 5.69 Å². The molecule has 8 heteroatoms. The lowest BCUT2D eigenvalue weighted by Gasteiger charge is -2.36. The summed E-state index contributed by atoms with van der Waals surface area (Å²) in [5.41, 5.74) is -0.333. The van der Waals surface area contributed by atoms with Crippen molar-refractivity contribution in [2.24, 2.45) is 0 Å². The van der Waals surface area contributed by atoms with E-state index in [1.165, 1.54) is 4.90 Å². The number of hydrogen-bond acceptors (Lipinski definition) is 6. The molecule has 0 radical (unpaired) electrons. The molecule has 2 amide bonds. The molecule has 0 aliphatic carbocycles. The Kier molecular flexibility index (Phi) is 5.92. The van der Waals surface area contributed by atoms with Gasteiger partial charge in [-0.25, -0.2) is 0 Å². The molecule has 0 bridgehead atoms. The number of aliphatic hydroxyl groups excluding tert-OH is 1. The Balaban J connectivity index is 1.71. The number of furan rings is 1. The van der Waals surface area contributed by atoms with Crippen LogP contribution in [0.15, 0.2) is 70.3 Å².